The van der Waals surface area contributed by atoms with Crippen LogP contribution in [-0.2, 0) is 24.0 Å². The first-order valence-electron chi connectivity index (χ1n) is 12.7. The molecule has 0 unspecified atom stereocenters. The molecule has 2 aromatic heterocycles. The molecule has 1 aromatic carbocycles. The summed E-state index contributed by atoms with van der Waals surface area (Å²) in [5, 5.41) is 9.92. The zero-order chi connectivity index (χ0) is 26.2. The third-order valence-corrected chi connectivity index (χ3v) is 8.65. The smallest absolute Gasteiger partial charge is 0.380 e. The molecule has 7 rings (SSSR count). The second-order valence-corrected chi connectivity index (χ2v) is 11.4. The normalized spacial score (nSPS) is 23.1. The van der Waals surface area contributed by atoms with Crippen LogP contribution in [0.25, 0.3) is 5.69 Å². The van der Waals surface area contributed by atoms with Gasteiger partial charge < -0.3 is 9.64 Å². The first-order valence-corrected chi connectivity index (χ1v) is 13.1. The molecule has 0 bridgehead atoms. The number of nitrogens with zero attached hydrogens (tertiary/aromatic N) is 6. The van der Waals surface area contributed by atoms with Gasteiger partial charge in [0, 0.05) is 48.6 Å². The van der Waals surface area contributed by atoms with Crippen molar-refractivity contribution in [3.8, 4) is 5.69 Å². The molecule has 3 aliphatic heterocycles. The maximum atomic E-state index is 14.0. The van der Waals surface area contributed by atoms with Crippen molar-refractivity contribution in [1.82, 2.24) is 24.6 Å². The van der Waals surface area contributed by atoms with Crippen LogP contribution >= 0.6 is 11.6 Å². The van der Waals surface area contributed by atoms with Gasteiger partial charge in [-0.15, -0.1) is 10.2 Å². The summed E-state index contributed by atoms with van der Waals surface area (Å²) in [6.07, 6.45) is -2.01. The van der Waals surface area contributed by atoms with E-state index in [1.807, 2.05) is 23.1 Å². The molecule has 3 aromatic rings. The van der Waals surface area contributed by atoms with E-state index in [1.54, 1.807) is 0 Å². The Labute approximate surface area is 221 Å². The predicted octanol–water partition coefficient (Wildman–Crippen LogP) is 4.96. The summed E-state index contributed by atoms with van der Waals surface area (Å²) in [5.74, 6) is 0.790. The van der Waals surface area contributed by atoms with Crippen molar-refractivity contribution in [2.24, 2.45) is 5.41 Å². The minimum atomic E-state index is -4.75. The molecule has 2 saturated heterocycles. The number of alkyl halides is 3. The zero-order valence-electron chi connectivity index (χ0n) is 20.4. The van der Waals surface area contributed by atoms with Crippen molar-refractivity contribution in [3.05, 3.63) is 64.1 Å². The Kier molecular flexibility index (Phi) is 5.51. The van der Waals surface area contributed by atoms with Crippen LogP contribution in [0.2, 0.25) is 5.02 Å². The Morgan fingerprint density at radius 2 is 1.87 bits per heavy atom. The van der Waals surface area contributed by atoms with Crippen molar-refractivity contribution in [3.63, 3.8) is 0 Å². The number of halogens is 5. The Bertz CT molecular complexity index is 1390. The molecule has 1 spiro atoms. The molecule has 0 radical (unpaired) electrons. The number of ether oxygens (including phenoxy) is 1. The van der Waals surface area contributed by atoms with E-state index in [2.05, 4.69) is 24.6 Å². The number of pyridine rings is 1. The summed E-state index contributed by atoms with van der Waals surface area (Å²) in [4.78, 5) is 7.81. The lowest BCUT2D eigenvalue weighted by Gasteiger charge is -2.59. The predicted molar refractivity (Wildman–Crippen MR) is 131 cm³/mol. The van der Waals surface area contributed by atoms with Crippen LogP contribution in [-0.4, -0.2) is 57.0 Å². The van der Waals surface area contributed by atoms with Crippen molar-refractivity contribution in [2.75, 3.05) is 31.2 Å². The van der Waals surface area contributed by atoms with Gasteiger partial charge in [0.05, 0.1) is 18.8 Å². The van der Waals surface area contributed by atoms with Gasteiger partial charge in [0.2, 0.25) is 5.95 Å². The number of aromatic nitrogens is 4. The van der Waals surface area contributed by atoms with E-state index < -0.39 is 17.7 Å². The molecule has 0 N–H and O–H groups in total. The standard InChI is InChI=1S/C26H25ClF4N6O/c27-17-1-3-20-15(7-17)10-35(18-5-6-38-12-18)11-22-33-34-24(37(20)22)16-8-25(9-16)13-36(14-25)21-4-2-19(23(28)32-21)26(29,30)31/h1-4,7,16,18H,5-6,8-14H2/t18-/m0/s1. The molecule has 1 saturated carbocycles. The van der Waals surface area contributed by atoms with E-state index in [9.17, 15) is 17.6 Å². The summed E-state index contributed by atoms with van der Waals surface area (Å²) >= 11 is 6.38. The lowest BCUT2D eigenvalue weighted by molar-refractivity contribution is -0.140. The highest BCUT2D eigenvalue weighted by Gasteiger charge is 2.54. The Balaban J connectivity index is 1.10. The molecular formula is C26H25ClF4N6O. The first kappa shape index (κ1) is 24.3. The Morgan fingerprint density at radius 1 is 1.05 bits per heavy atom. The third kappa shape index (κ3) is 3.97. The quantitative estimate of drug-likeness (QED) is 0.341. The van der Waals surface area contributed by atoms with Gasteiger partial charge in [-0.1, -0.05) is 11.6 Å². The van der Waals surface area contributed by atoms with Crippen molar-refractivity contribution >= 4 is 17.4 Å². The Hall–Kier alpha value is -2.76. The largest absolute Gasteiger partial charge is 0.420 e. The van der Waals surface area contributed by atoms with Crippen LogP contribution in [0.3, 0.4) is 0 Å². The van der Waals surface area contributed by atoms with Crippen molar-refractivity contribution in [1.29, 1.82) is 0 Å². The average Bonchev–Trinajstić information content (AvgIpc) is 3.44. The SMILES string of the molecule is Fc1nc(N2CC3(CC(c4nnc5n4-c4ccc(Cl)cc4CN([C@H]4CCOC4)C5)C3)C2)ccc1C(F)(F)F. The fourth-order valence-corrected chi connectivity index (χ4v) is 6.74. The van der Waals surface area contributed by atoms with Gasteiger partial charge in [0.1, 0.15) is 17.2 Å². The highest BCUT2D eigenvalue weighted by molar-refractivity contribution is 6.30. The topological polar surface area (TPSA) is 59.3 Å². The molecule has 200 valence electrons. The number of hydrogen-bond donors (Lipinski definition) is 0. The number of hydrogen-bond acceptors (Lipinski definition) is 6. The average molecular weight is 549 g/mol. The van der Waals surface area contributed by atoms with E-state index in [4.69, 9.17) is 16.3 Å². The van der Waals surface area contributed by atoms with Gasteiger partial charge in [-0.05, 0) is 55.2 Å². The fraction of sp³-hybridized carbons (Fsp3) is 0.500. The van der Waals surface area contributed by atoms with Gasteiger partial charge in [-0.25, -0.2) is 4.98 Å². The van der Waals surface area contributed by atoms with E-state index in [0.29, 0.717) is 37.3 Å². The summed E-state index contributed by atoms with van der Waals surface area (Å²) in [5.41, 5.74) is 0.863. The lowest BCUT2D eigenvalue weighted by atomic mass is 9.57. The van der Waals surface area contributed by atoms with Gasteiger partial charge in [-0.3, -0.25) is 9.47 Å². The molecule has 1 atom stereocenters. The van der Waals surface area contributed by atoms with Crippen LogP contribution in [0.1, 0.15) is 48.0 Å². The van der Waals surface area contributed by atoms with E-state index in [1.165, 1.54) is 6.07 Å². The van der Waals surface area contributed by atoms with Crippen LogP contribution < -0.4 is 4.90 Å². The minimum absolute atomic E-state index is 0.0265. The van der Waals surface area contributed by atoms with E-state index in [-0.39, 0.29) is 17.2 Å². The summed E-state index contributed by atoms with van der Waals surface area (Å²) in [7, 11) is 0. The van der Waals surface area contributed by atoms with Crippen LogP contribution in [0.5, 0.6) is 0 Å². The summed E-state index contributed by atoms with van der Waals surface area (Å²) in [6.45, 7) is 4.15. The second kappa shape index (κ2) is 8.62. The highest BCUT2D eigenvalue weighted by Crippen LogP contribution is 2.56. The van der Waals surface area contributed by atoms with Crippen molar-refractivity contribution < 1.29 is 22.3 Å². The number of fused-ring (bicyclic) bond motifs is 3. The summed E-state index contributed by atoms with van der Waals surface area (Å²) in [6, 6.07) is 8.28. The maximum absolute atomic E-state index is 14.0. The van der Waals surface area contributed by atoms with Crippen LogP contribution in [0.4, 0.5) is 23.4 Å². The minimum Gasteiger partial charge on any atom is -0.380 e. The van der Waals surface area contributed by atoms with Gasteiger partial charge >= 0.3 is 6.18 Å². The van der Waals surface area contributed by atoms with Crippen LogP contribution in [0, 0.1) is 11.4 Å². The number of anilines is 1. The Morgan fingerprint density at radius 3 is 2.58 bits per heavy atom. The molecule has 7 nitrogen and oxygen atoms in total. The molecule has 1 aliphatic carbocycles. The molecule has 0 amide bonds. The lowest BCUT2D eigenvalue weighted by Crippen LogP contribution is -2.62. The van der Waals surface area contributed by atoms with Crippen LogP contribution in [0.15, 0.2) is 30.3 Å². The molecular weight excluding hydrogens is 524 g/mol. The maximum Gasteiger partial charge on any atom is 0.420 e. The van der Waals surface area contributed by atoms with E-state index >= 15 is 0 Å². The molecule has 12 heteroatoms. The highest BCUT2D eigenvalue weighted by atomic mass is 35.5. The molecule has 5 heterocycles. The fourth-order valence-electron chi connectivity index (χ4n) is 6.55. The molecule has 38 heavy (non-hydrogen) atoms. The number of benzene rings is 1. The summed E-state index contributed by atoms with van der Waals surface area (Å²) < 4.78 is 60.4. The van der Waals surface area contributed by atoms with Gasteiger partial charge in [0.25, 0.3) is 0 Å². The zero-order valence-corrected chi connectivity index (χ0v) is 21.1. The molecule has 4 aliphatic rings. The van der Waals surface area contributed by atoms with E-state index in [0.717, 1.165) is 61.4 Å². The first-order chi connectivity index (χ1) is 18.2. The number of rotatable bonds is 3. The van der Waals surface area contributed by atoms with Gasteiger partial charge in [-0.2, -0.15) is 17.6 Å². The third-order valence-electron chi connectivity index (χ3n) is 8.42. The molecule has 3 fully saturated rings. The second-order valence-electron chi connectivity index (χ2n) is 11.0. The van der Waals surface area contributed by atoms with Crippen molar-refractivity contribution in [2.45, 2.75) is 50.5 Å². The van der Waals surface area contributed by atoms with Gasteiger partial charge in [0.15, 0.2) is 5.82 Å². The monoisotopic (exact) mass is 548 g/mol.